The van der Waals surface area contributed by atoms with Crippen LogP contribution < -0.4 is 56.7 Å². The van der Waals surface area contributed by atoms with Crippen molar-refractivity contribution < 1.29 is 75.4 Å². The van der Waals surface area contributed by atoms with E-state index in [4.69, 9.17) is 4.55 Å². The number of hydrogen-bond acceptors (Lipinski definition) is 4. The molecular formula is C10H12KNO5S. The van der Waals surface area contributed by atoms with Crippen LogP contribution in [0.2, 0.25) is 0 Å². The van der Waals surface area contributed by atoms with Gasteiger partial charge in [-0.3, -0.25) is 14.1 Å². The summed E-state index contributed by atoms with van der Waals surface area (Å²) < 4.78 is 29.2. The molecule has 1 aromatic carbocycles. The standard InChI is InChI=1S/C10H11NO5S.K.H/c12-9(7-17(14,15)16)6-10(13)11-8-4-2-1-3-5-8;;/h1-5H,6-7H2,(H,11,13)(H,14,15,16);;/q;+1;-1. The van der Waals surface area contributed by atoms with E-state index in [9.17, 15) is 18.0 Å². The molecule has 0 unspecified atom stereocenters. The molecule has 0 aliphatic rings. The number of carbonyl (C=O) groups excluding carboxylic acids is 2. The zero-order chi connectivity index (χ0) is 12.9. The smallest absolute Gasteiger partial charge is 1.00 e. The number of para-hydroxylation sites is 1. The minimum atomic E-state index is -4.37. The third-order valence-corrected chi connectivity index (χ3v) is 2.45. The second-order valence-electron chi connectivity index (χ2n) is 3.36. The fraction of sp³-hybridized carbons (Fsp3) is 0.200. The van der Waals surface area contributed by atoms with E-state index in [2.05, 4.69) is 5.32 Å². The first-order chi connectivity index (χ1) is 7.87. The summed E-state index contributed by atoms with van der Waals surface area (Å²) in [6.45, 7) is 0. The maximum absolute atomic E-state index is 11.3. The molecule has 0 aliphatic heterocycles. The maximum atomic E-state index is 11.3. The Kier molecular flexibility index (Phi) is 8.11. The SMILES string of the molecule is O=C(CC(=O)Nc1ccccc1)CS(=O)(=O)O.[H-].[K+]. The molecule has 6 nitrogen and oxygen atoms in total. The number of hydrogen-bond donors (Lipinski definition) is 2. The molecule has 0 spiro atoms. The molecule has 94 valence electrons. The van der Waals surface area contributed by atoms with Crippen molar-refractivity contribution in [2.45, 2.75) is 6.42 Å². The molecule has 0 fully saturated rings. The van der Waals surface area contributed by atoms with Crippen LogP contribution in [0, 0.1) is 0 Å². The quantitative estimate of drug-likeness (QED) is 0.358. The number of benzene rings is 1. The van der Waals surface area contributed by atoms with E-state index < -0.39 is 34.0 Å². The van der Waals surface area contributed by atoms with Gasteiger partial charge in [-0.2, -0.15) is 8.42 Å². The van der Waals surface area contributed by atoms with Gasteiger partial charge in [0.05, 0.1) is 6.42 Å². The first kappa shape index (κ1) is 17.9. The van der Waals surface area contributed by atoms with Gasteiger partial charge in [0.2, 0.25) is 5.91 Å². The van der Waals surface area contributed by atoms with E-state index in [0.29, 0.717) is 5.69 Å². The molecule has 8 heteroatoms. The van der Waals surface area contributed by atoms with Gasteiger partial charge >= 0.3 is 51.4 Å². The molecule has 1 amide bonds. The summed E-state index contributed by atoms with van der Waals surface area (Å²) in [7, 11) is -4.37. The summed E-state index contributed by atoms with van der Waals surface area (Å²) in [5.74, 6) is -2.53. The van der Waals surface area contributed by atoms with Crippen LogP contribution in [0.25, 0.3) is 0 Å². The van der Waals surface area contributed by atoms with Crippen LogP contribution in [0.3, 0.4) is 0 Å². The van der Waals surface area contributed by atoms with Gasteiger partial charge in [0, 0.05) is 5.69 Å². The van der Waals surface area contributed by atoms with Gasteiger partial charge in [-0.1, -0.05) is 18.2 Å². The molecule has 2 N–H and O–H groups in total. The Bertz CT molecular complexity index is 520. The summed E-state index contributed by atoms with van der Waals surface area (Å²) in [5, 5.41) is 2.42. The average molecular weight is 297 g/mol. The molecule has 0 heterocycles. The first-order valence-corrected chi connectivity index (χ1v) is 6.29. The second-order valence-corrected chi connectivity index (χ2v) is 4.81. The summed E-state index contributed by atoms with van der Waals surface area (Å²) >= 11 is 0. The largest absolute Gasteiger partial charge is 1.00 e. The third kappa shape index (κ3) is 8.09. The van der Waals surface area contributed by atoms with Crippen molar-refractivity contribution in [2.24, 2.45) is 0 Å². The van der Waals surface area contributed by atoms with Crippen LogP contribution >= 0.6 is 0 Å². The number of amides is 1. The van der Waals surface area contributed by atoms with Crippen molar-refractivity contribution in [3.05, 3.63) is 30.3 Å². The molecule has 1 rings (SSSR count). The Hall–Kier alpha value is -0.0936. The number of ketones is 1. The fourth-order valence-corrected chi connectivity index (χ4v) is 1.67. The van der Waals surface area contributed by atoms with E-state index in [1.54, 1.807) is 30.3 Å². The molecule has 0 bridgehead atoms. The monoisotopic (exact) mass is 297 g/mol. The van der Waals surface area contributed by atoms with E-state index in [1.165, 1.54) is 0 Å². The minimum Gasteiger partial charge on any atom is -1.00 e. The van der Waals surface area contributed by atoms with Crippen LogP contribution in [-0.2, 0) is 19.7 Å². The maximum Gasteiger partial charge on any atom is 1.00 e. The van der Waals surface area contributed by atoms with Crippen molar-refractivity contribution in [2.75, 3.05) is 11.1 Å². The van der Waals surface area contributed by atoms with Gasteiger partial charge in [-0.05, 0) is 12.1 Å². The van der Waals surface area contributed by atoms with Gasteiger partial charge in [0.1, 0.15) is 5.75 Å². The summed E-state index contributed by atoms with van der Waals surface area (Å²) in [6.07, 6.45) is -0.589. The van der Waals surface area contributed by atoms with Crippen molar-refractivity contribution in [1.29, 1.82) is 0 Å². The van der Waals surface area contributed by atoms with Crippen molar-refractivity contribution in [1.82, 2.24) is 0 Å². The second kappa shape index (κ2) is 8.15. The zero-order valence-electron chi connectivity index (χ0n) is 10.8. The molecule has 0 aromatic heterocycles. The van der Waals surface area contributed by atoms with Gasteiger partial charge in [-0.15, -0.1) is 0 Å². The van der Waals surface area contributed by atoms with Gasteiger partial charge in [0.25, 0.3) is 10.1 Å². The Balaban J connectivity index is 0. The normalized spacial score (nSPS) is 10.3. The Morgan fingerprint density at radius 2 is 1.78 bits per heavy atom. The fourth-order valence-electron chi connectivity index (χ4n) is 1.16. The molecule has 1 aromatic rings. The molecule has 0 atom stereocenters. The predicted octanol–water partition coefficient (Wildman–Crippen LogP) is -2.41. The number of nitrogens with one attached hydrogen (secondary N) is 1. The third-order valence-electron chi connectivity index (χ3n) is 1.76. The molecular weight excluding hydrogens is 285 g/mol. The van der Waals surface area contributed by atoms with Crippen molar-refractivity contribution >= 4 is 27.5 Å². The Morgan fingerprint density at radius 1 is 1.22 bits per heavy atom. The summed E-state index contributed by atoms with van der Waals surface area (Å²) in [4.78, 5) is 22.4. The predicted molar refractivity (Wildman–Crippen MR) is 62.2 cm³/mol. The molecule has 0 radical (unpaired) electrons. The van der Waals surface area contributed by atoms with Crippen LogP contribution in [0.15, 0.2) is 30.3 Å². The van der Waals surface area contributed by atoms with E-state index in [0.717, 1.165) is 0 Å². The number of rotatable bonds is 5. The molecule has 18 heavy (non-hydrogen) atoms. The topological polar surface area (TPSA) is 101 Å². The summed E-state index contributed by atoms with van der Waals surface area (Å²) in [5.41, 5.74) is 0.511. The summed E-state index contributed by atoms with van der Waals surface area (Å²) in [6, 6.07) is 8.43. The van der Waals surface area contributed by atoms with Crippen LogP contribution in [0.5, 0.6) is 0 Å². The first-order valence-electron chi connectivity index (χ1n) is 4.68. The number of carbonyl (C=O) groups is 2. The van der Waals surface area contributed by atoms with Gasteiger partial charge < -0.3 is 6.74 Å². The Morgan fingerprint density at radius 3 is 2.28 bits per heavy atom. The van der Waals surface area contributed by atoms with E-state index in [-0.39, 0.29) is 52.8 Å². The van der Waals surface area contributed by atoms with E-state index >= 15 is 0 Å². The average Bonchev–Trinajstić information content (AvgIpc) is 2.15. The zero-order valence-corrected chi connectivity index (χ0v) is 13.7. The van der Waals surface area contributed by atoms with Crippen LogP contribution in [-0.4, -0.2) is 30.4 Å². The molecule has 0 saturated carbocycles. The van der Waals surface area contributed by atoms with Crippen LogP contribution in [0.1, 0.15) is 7.85 Å². The molecule has 0 aliphatic carbocycles. The van der Waals surface area contributed by atoms with E-state index in [1.807, 2.05) is 0 Å². The molecule has 0 saturated heterocycles. The van der Waals surface area contributed by atoms with Gasteiger partial charge in [0.15, 0.2) is 5.78 Å². The minimum absolute atomic E-state index is 0. The van der Waals surface area contributed by atoms with Crippen LogP contribution in [0.4, 0.5) is 5.69 Å². The number of Topliss-reactive ketones (excluding diaryl/α,β-unsaturated/α-hetero) is 1. The van der Waals surface area contributed by atoms with Crippen molar-refractivity contribution in [3.63, 3.8) is 0 Å². The number of anilines is 1. The Labute approximate surface area is 149 Å². The van der Waals surface area contributed by atoms with Crippen molar-refractivity contribution in [3.8, 4) is 0 Å². The van der Waals surface area contributed by atoms with Gasteiger partial charge in [-0.25, -0.2) is 0 Å².